The van der Waals surface area contributed by atoms with E-state index in [1.807, 2.05) is 20.8 Å². The van der Waals surface area contributed by atoms with Crippen molar-refractivity contribution in [2.24, 2.45) is 0 Å². The van der Waals surface area contributed by atoms with Crippen LogP contribution in [0.4, 0.5) is 0 Å². The fourth-order valence-electron chi connectivity index (χ4n) is 0.715. The summed E-state index contributed by atoms with van der Waals surface area (Å²) < 4.78 is 10.4. The van der Waals surface area contributed by atoms with Crippen molar-refractivity contribution in [3.8, 4) is 0 Å². The Balaban J connectivity index is 3.15. The van der Waals surface area contributed by atoms with Gasteiger partial charge in [0.25, 0.3) is 0 Å². The van der Waals surface area contributed by atoms with E-state index in [1.54, 1.807) is 0 Å². The molecule has 12 heavy (non-hydrogen) atoms. The van der Waals surface area contributed by atoms with Crippen LogP contribution in [0.25, 0.3) is 0 Å². The quantitative estimate of drug-likeness (QED) is 0.592. The summed E-state index contributed by atoms with van der Waals surface area (Å²) >= 11 is 0. The van der Waals surface area contributed by atoms with Crippen molar-refractivity contribution in [2.45, 2.75) is 39.4 Å². The van der Waals surface area contributed by atoms with Crippen LogP contribution in [-0.2, 0) is 9.47 Å². The fraction of sp³-hybridized carbons (Fsp3) is 1.00. The zero-order chi connectivity index (χ0) is 9.40. The molecule has 0 spiro atoms. The predicted octanol–water partition coefficient (Wildman–Crippen LogP) is 1.20. The van der Waals surface area contributed by atoms with Gasteiger partial charge in [-0.05, 0) is 20.3 Å². The van der Waals surface area contributed by atoms with Crippen LogP contribution >= 0.6 is 0 Å². The number of hydrogen-bond donors (Lipinski definition) is 1. The maximum atomic E-state index is 9.27. The van der Waals surface area contributed by atoms with Crippen molar-refractivity contribution in [1.82, 2.24) is 0 Å². The maximum Gasteiger partial charge on any atom is 0.101 e. The second-order valence-electron chi connectivity index (χ2n) is 3.11. The SMILES string of the molecule is CCCOCC(O)COC(C)C. The fourth-order valence-corrected chi connectivity index (χ4v) is 0.715. The minimum Gasteiger partial charge on any atom is -0.388 e. The summed E-state index contributed by atoms with van der Waals surface area (Å²) in [5, 5.41) is 9.27. The topological polar surface area (TPSA) is 38.7 Å². The molecule has 0 aromatic carbocycles. The molecule has 74 valence electrons. The molecule has 0 saturated carbocycles. The van der Waals surface area contributed by atoms with E-state index in [9.17, 15) is 5.11 Å². The summed E-state index contributed by atoms with van der Waals surface area (Å²) in [5.41, 5.74) is 0. The van der Waals surface area contributed by atoms with Gasteiger partial charge in [-0.15, -0.1) is 0 Å². The third-order valence-corrected chi connectivity index (χ3v) is 1.28. The standard InChI is InChI=1S/C9H20O3/c1-4-5-11-6-9(10)7-12-8(2)3/h8-10H,4-7H2,1-3H3. The van der Waals surface area contributed by atoms with E-state index in [0.717, 1.165) is 6.42 Å². The highest BCUT2D eigenvalue weighted by molar-refractivity contribution is 4.52. The molecule has 0 amide bonds. The first-order chi connectivity index (χ1) is 5.66. The molecule has 1 unspecified atom stereocenters. The van der Waals surface area contributed by atoms with Gasteiger partial charge >= 0.3 is 0 Å². The molecule has 0 fully saturated rings. The van der Waals surface area contributed by atoms with E-state index < -0.39 is 6.10 Å². The van der Waals surface area contributed by atoms with Gasteiger partial charge in [0, 0.05) is 6.61 Å². The van der Waals surface area contributed by atoms with E-state index in [4.69, 9.17) is 9.47 Å². The van der Waals surface area contributed by atoms with Gasteiger partial charge in [-0.25, -0.2) is 0 Å². The molecule has 1 atom stereocenters. The van der Waals surface area contributed by atoms with Crippen LogP contribution in [0.3, 0.4) is 0 Å². The Morgan fingerprint density at radius 2 is 1.92 bits per heavy atom. The second kappa shape index (κ2) is 7.53. The summed E-state index contributed by atoms with van der Waals surface area (Å²) in [5.74, 6) is 0. The molecule has 0 aliphatic heterocycles. The molecule has 0 heterocycles. The first-order valence-corrected chi connectivity index (χ1v) is 4.54. The van der Waals surface area contributed by atoms with Gasteiger partial charge in [-0.1, -0.05) is 6.92 Å². The average molecular weight is 176 g/mol. The molecule has 0 saturated heterocycles. The van der Waals surface area contributed by atoms with Crippen molar-refractivity contribution >= 4 is 0 Å². The van der Waals surface area contributed by atoms with Crippen LogP contribution in [0, 0.1) is 0 Å². The largest absolute Gasteiger partial charge is 0.388 e. The van der Waals surface area contributed by atoms with E-state index >= 15 is 0 Å². The minimum absolute atomic E-state index is 0.172. The Bertz CT molecular complexity index is 93.8. The number of hydrogen-bond acceptors (Lipinski definition) is 3. The molecule has 0 rings (SSSR count). The third-order valence-electron chi connectivity index (χ3n) is 1.28. The molecule has 0 aromatic rings. The Morgan fingerprint density at radius 1 is 1.25 bits per heavy atom. The van der Waals surface area contributed by atoms with Crippen molar-refractivity contribution in [1.29, 1.82) is 0 Å². The predicted molar refractivity (Wildman–Crippen MR) is 48.2 cm³/mol. The summed E-state index contributed by atoms with van der Waals surface area (Å²) in [7, 11) is 0. The molecule has 3 heteroatoms. The molecule has 0 aliphatic rings. The highest BCUT2D eigenvalue weighted by Crippen LogP contribution is 1.93. The monoisotopic (exact) mass is 176 g/mol. The smallest absolute Gasteiger partial charge is 0.101 e. The summed E-state index contributed by atoms with van der Waals surface area (Å²) in [6.07, 6.45) is 0.669. The van der Waals surface area contributed by atoms with Gasteiger partial charge in [-0.3, -0.25) is 0 Å². The summed E-state index contributed by atoms with van der Waals surface area (Å²) in [6.45, 7) is 7.37. The van der Waals surface area contributed by atoms with E-state index in [0.29, 0.717) is 19.8 Å². The molecular weight excluding hydrogens is 156 g/mol. The van der Waals surface area contributed by atoms with Crippen LogP contribution in [0.1, 0.15) is 27.2 Å². The zero-order valence-electron chi connectivity index (χ0n) is 8.25. The van der Waals surface area contributed by atoms with Gasteiger partial charge in [0.1, 0.15) is 6.10 Å². The van der Waals surface area contributed by atoms with Crippen LogP contribution in [0.15, 0.2) is 0 Å². The van der Waals surface area contributed by atoms with Crippen molar-refractivity contribution in [3.63, 3.8) is 0 Å². The second-order valence-corrected chi connectivity index (χ2v) is 3.11. The van der Waals surface area contributed by atoms with E-state index in [1.165, 1.54) is 0 Å². The van der Waals surface area contributed by atoms with Crippen LogP contribution in [0.2, 0.25) is 0 Å². The minimum atomic E-state index is -0.487. The lowest BCUT2D eigenvalue weighted by molar-refractivity contribution is -0.0353. The summed E-state index contributed by atoms with van der Waals surface area (Å²) in [6, 6.07) is 0. The first-order valence-electron chi connectivity index (χ1n) is 4.54. The molecule has 0 aromatic heterocycles. The van der Waals surface area contributed by atoms with Gasteiger partial charge < -0.3 is 14.6 Å². The zero-order valence-corrected chi connectivity index (χ0v) is 8.25. The first kappa shape index (κ1) is 11.9. The van der Waals surface area contributed by atoms with Gasteiger partial charge in [0.2, 0.25) is 0 Å². The molecule has 0 aliphatic carbocycles. The highest BCUT2D eigenvalue weighted by atomic mass is 16.5. The molecule has 1 N–H and O–H groups in total. The Kier molecular flexibility index (Phi) is 7.45. The molecule has 0 bridgehead atoms. The summed E-state index contributed by atoms with van der Waals surface area (Å²) in [4.78, 5) is 0. The molecular formula is C9H20O3. The Morgan fingerprint density at radius 3 is 2.42 bits per heavy atom. The van der Waals surface area contributed by atoms with Gasteiger partial charge in [0.05, 0.1) is 19.3 Å². The highest BCUT2D eigenvalue weighted by Gasteiger charge is 2.04. The van der Waals surface area contributed by atoms with Crippen molar-refractivity contribution in [2.75, 3.05) is 19.8 Å². The van der Waals surface area contributed by atoms with Gasteiger partial charge in [-0.2, -0.15) is 0 Å². The van der Waals surface area contributed by atoms with Crippen LogP contribution in [-0.4, -0.2) is 37.1 Å². The molecule has 0 radical (unpaired) electrons. The number of aliphatic hydroxyl groups is 1. The average Bonchev–Trinajstić information content (AvgIpc) is 2.01. The maximum absolute atomic E-state index is 9.27. The Labute approximate surface area is 74.7 Å². The van der Waals surface area contributed by atoms with Crippen molar-refractivity contribution < 1.29 is 14.6 Å². The normalized spacial score (nSPS) is 13.8. The lowest BCUT2D eigenvalue weighted by atomic mass is 10.4. The van der Waals surface area contributed by atoms with E-state index in [2.05, 4.69) is 0 Å². The van der Waals surface area contributed by atoms with Crippen LogP contribution in [0.5, 0.6) is 0 Å². The number of aliphatic hydroxyl groups excluding tert-OH is 1. The van der Waals surface area contributed by atoms with E-state index in [-0.39, 0.29) is 6.10 Å². The lowest BCUT2D eigenvalue weighted by Crippen LogP contribution is -2.23. The van der Waals surface area contributed by atoms with Gasteiger partial charge in [0.15, 0.2) is 0 Å². The third kappa shape index (κ3) is 7.98. The molecule has 3 nitrogen and oxygen atoms in total. The Hall–Kier alpha value is -0.120. The van der Waals surface area contributed by atoms with Crippen molar-refractivity contribution in [3.05, 3.63) is 0 Å². The van der Waals surface area contributed by atoms with Crippen LogP contribution < -0.4 is 0 Å². The number of ether oxygens (including phenoxy) is 2. The lowest BCUT2D eigenvalue weighted by Gasteiger charge is -2.13. The number of rotatable bonds is 7.